The lowest BCUT2D eigenvalue weighted by molar-refractivity contribution is 0.191. The number of para-hydroxylation sites is 1. The number of nitrogens with one attached hydrogen (secondary N) is 1. The van der Waals surface area contributed by atoms with Crippen molar-refractivity contribution in [1.29, 1.82) is 0 Å². The molecule has 1 fully saturated rings. The van der Waals surface area contributed by atoms with Crippen molar-refractivity contribution in [3.63, 3.8) is 0 Å². The molecule has 2 aromatic carbocycles. The number of piperazine rings is 1. The molecule has 1 saturated heterocycles. The number of anilines is 1. The Morgan fingerprint density at radius 1 is 1.07 bits per heavy atom. The van der Waals surface area contributed by atoms with Crippen molar-refractivity contribution < 1.29 is 13.9 Å². The Bertz CT molecular complexity index is 789. The van der Waals surface area contributed by atoms with Crippen molar-refractivity contribution in [2.24, 2.45) is 0 Å². The first-order valence-corrected chi connectivity index (χ1v) is 9.27. The number of carbonyl (C=O) groups is 1. The summed E-state index contributed by atoms with van der Waals surface area (Å²) in [5, 5.41) is 2.88. The van der Waals surface area contributed by atoms with Gasteiger partial charge in [0.1, 0.15) is 18.2 Å². The van der Waals surface area contributed by atoms with E-state index in [0.29, 0.717) is 45.0 Å². The van der Waals surface area contributed by atoms with Crippen LogP contribution in [0.25, 0.3) is 0 Å². The fourth-order valence-corrected chi connectivity index (χ4v) is 3.10. The van der Waals surface area contributed by atoms with Crippen LogP contribution in [-0.2, 0) is 0 Å². The van der Waals surface area contributed by atoms with Crippen LogP contribution < -0.4 is 15.0 Å². The molecule has 2 amide bonds. The van der Waals surface area contributed by atoms with Crippen LogP contribution in [0.2, 0.25) is 0 Å². The lowest BCUT2D eigenvalue weighted by Gasteiger charge is -2.36. The molecule has 0 aromatic heterocycles. The van der Waals surface area contributed by atoms with E-state index in [2.05, 4.69) is 12.2 Å². The zero-order valence-electron chi connectivity index (χ0n) is 15.9. The van der Waals surface area contributed by atoms with Crippen LogP contribution in [0.3, 0.4) is 0 Å². The molecule has 0 spiro atoms. The summed E-state index contributed by atoms with van der Waals surface area (Å²) in [5.74, 6) is 0.588. The van der Waals surface area contributed by atoms with Gasteiger partial charge in [0.2, 0.25) is 0 Å². The Hall–Kier alpha value is -2.76. The molecule has 1 aliphatic heterocycles. The molecule has 0 saturated carbocycles. The van der Waals surface area contributed by atoms with Gasteiger partial charge >= 0.3 is 6.03 Å². The molecule has 0 bridgehead atoms. The fraction of sp³-hybridized carbons (Fsp3) is 0.381. The summed E-state index contributed by atoms with van der Waals surface area (Å²) in [7, 11) is 0. The number of halogens is 1. The zero-order valence-corrected chi connectivity index (χ0v) is 15.9. The lowest BCUT2D eigenvalue weighted by Crippen LogP contribution is -2.52. The standard InChI is InChI=1S/C21H26FN3O2/c1-16-7-8-18(15-17(16)2)27-14-9-23-21(26)25-12-10-24(11-13-25)20-6-4-3-5-19(20)22/h3-8,15H,9-14H2,1-2H3,(H,23,26). The van der Waals surface area contributed by atoms with E-state index in [1.807, 2.05) is 36.1 Å². The quantitative estimate of drug-likeness (QED) is 0.820. The second kappa shape index (κ2) is 8.75. The van der Waals surface area contributed by atoms with Gasteiger partial charge in [0.05, 0.1) is 12.2 Å². The highest BCUT2D eigenvalue weighted by atomic mass is 19.1. The molecule has 0 unspecified atom stereocenters. The molecule has 27 heavy (non-hydrogen) atoms. The highest BCUT2D eigenvalue weighted by Gasteiger charge is 2.22. The first-order valence-electron chi connectivity index (χ1n) is 9.27. The Balaban J connectivity index is 1.39. The van der Waals surface area contributed by atoms with E-state index in [1.165, 1.54) is 17.2 Å². The van der Waals surface area contributed by atoms with Gasteiger partial charge in [-0.25, -0.2) is 9.18 Å². The molecule has 1 N–H and O–H groups in total. The lowest BCUT2D eigenvalue weighted by atomic mass is 10.1. The number of rotatable bonds is 5. The van der Waals surface area contributed by atoms with E-state index in [4.69, 9.17) is 4.74 Å². The maximum atomic E-state index is 13.9. The molecule has 144 valence electrons. The molecule has 6 heteroatoms. The van der Waals surface area contributed by atoms with Crippen LogP contribution in [0, 0.1) is 19.7 Å². The second-order valence-corrected chi connectivity index (χ2v) is 6.75. The highest BCUT2D eigenvalue weighted by Crippen LogP contribution is 2.20. The summed E-state index contributed by atoms with van der Waals surface area (Å²) < 4.78 is 19.6. The maximum absolute atomic E-state index is 13.9. The van der Waals surface area contributed by atoms with Gasteiger partial charge in [0.15, 0.2) is 0 Å². The van der Waals surface area contributed by atoms with Gasteiger partial charge in [-0.1, -0.05) is 18.2 Å². The summed E-state index contributed by atoms with van der Waals surface area (Å²) in [6, 6.07) is 12.6. The van der Waals surface area contributed by atoms with Gasteiger partial charge in [-0.15, -0.1) is 0 Å². The van der Waals surface area contributed by atoms with Gasteiger partial charge in [-0.3, -0.25) is 0 Å². The van der Waals surface area contributed by atoms with Crippen LogP contribution in [0.5, 0.6) is 5.75 Å². The molecule has 2 aromatic rings. The predicted molar refractivity (Wildman–Crippen MR) is 105 cm³/mol. The van der Waals surface area contributed by atoms with Crippen LogP contribution >= 0.6 is 0 Å². The Labute approximate surface area is 159 Å². The predicted octanol–water partition coefficient (Wildman–Crippen LogP) is 3.35. The van der Waals surface area contributed by atoms with E-state index in [9.17, 15) is 9.18 Å². The molecular formula is C21H26FN3O2. The first-order chi connectivity index (χ1) is 13.0. The summed E-state index contributed by atoms with van der Waals surface area (Å²) >= 11 is 0. The topological polar surface area (TPSA) is 44.8 Å². The monoisotopic (exact) mass is 371 g/mol. The number of aryl methyl sites for hydroxylation is 2. The van der Waals surface area contributed by atoms with Gasteiger partial charge in [-0.2, -0.15) is 0 Å². The number of benzene rings is 2. The third-order valence-electron chi connectivity index (χ3n) is 4.89. The number of amides is 2. The van der Waals surface area contributed by atoms with Crippen molar-refractivity contribution in [3.05, 3.63) is 59.4 Å². The maximum Gasteiger partial charge on any atom is 0.317 e. The number of hydrogen-bond donors (Lipinski definition) is 1. The first kappa shape index (κ1) is 19.0. The minimum absolute atomic E-state index is 0.105. The van der Waals surface area contributed by atoms with E-state index >= 15 is 0 Å². The van der Waals surface area contributed by atoms with Crippen molar-refractivity contribution in [2.75, 3.05) is 44.2 Å². The SMILES string of the molecule is Cc1ccc(OCCNC(=O)N2CCN(c3ccccc3F)CC2)cc1C. The molecule has 1 aliphatic rings. The number of nitrogens with zero attached hydrogens (tertiary/aromatic N) is 2. The zero-order chi connectivity index (χ0) is 19.2. The smallest absolute Gasteiger partial charge is 0.317 e. The Morgan fingerprint density at radius 3 is 2.52 bits per heavy atom. The number of carbonyl (C=O) groups excluding carboxylic acids is 1. The fourth-order valence-electron chi connectivity index (χ4n) is 3.10. The Morgan fingerprint density at radius 2 is 1.81 bits per heavy atom. The third kappa shape index (κ3) is 4.90. The summed E-state index contributed by atoms with van der Waals surface area (Å²) in [6.07, 6.45) is 0. The number of ether oxygens (including phenoxy) is 1. The third-order valence-corrected chi connectivity index (χ3v) is 4.89. The second-order valence-electron chi connectivity index (χ2n) is 6.75. The molecule has 5 nitrogen and oxygen atoms in total. The molecule has 0 aliphatic carbocycles. The largest absolute Gasteiger partial charge is 0.492 e. The van der Waals surface area contributed by atoms with E-state index in [1.54, 1.807) is 17.0 Å². The molecule has 3 rings (SSSR count). The van der Waals surface area contributed by atoms with Crippen LogP contribution in [0.15, 0.2) is 42.5 Å². The van der Waals surface area contributed by atoms with Crippen molar-refractivity contribution in [1.82, 2.24) is 10.2 Å². The van der Waals surface area contributed by atoms with Gasteiger partial charge in [0.25, 0.3) is 0 Å². The molecule has 1 heterocycles. The van der Waals surface area contributed by atoms with Crippen molar-refractivity contribution >= 4 is 11.7 Å². The van der Waals surface area contributed by atoms with E-state index in [0.717, 1.165) is 5.75 Å². The van der Waals surface area contributed by atoms with Gasteiger partial charge < -0.3 is 19.9 Å². The van der Waals surface area contributed by atoms with Crippen LogP contribution in [0.1, 0.15) is 11.1 Å². The average Bonchev–Trinajstić information content (AvgIpc) is 2.68. The summed E-state index contributed by atoms with van der Waals surface area (Å²) in [4.78, 5) is 16.0. The van der Waals surface area contributed by atoms with E-state index in [-0.39, 0.29) is 11.8 Å². The minimum Gasteiger partial charge on any atom is -0.492 e. The normalized spacial score (nSPS) is 14.2. The van der Waals surface area contributed by atoms with Crippen molar-refractivity contribution in [3.8, 4) is 5.75 Å². The average molecular weight is 371 g/mol. The molecular weight excluding hydrogens is 345 g/mol. The number of urea groups is 1. The number of hydrogen-bond acceptors (Lipinski definition) is 3. The molecule has 0 atom stereocenters. The van der Waals surface area contributed by atoms with Gasteiger partial charge in [-0.05, 0) is 49.2 Å². The van der Waals surface area contributed by atoms with Crippen molar-refractivity contribution in [2.45, 2.75) is 13.8 Å². The summed E-state index contributed by atoms with van der Waals surface area (Å²) in [5.41, 5.74) is 3.01. The van der Waals surface area contributed by atoms with Crippen LogP contribution in [0.4, 0.5) is 14.9 Å². The summed E-state index contributed by atoms with van der Waals surface area (Å²) in [6.45, 7) is 7.34. The molecule has 0 radical (unpaired) electrons. The highest BCUT2D eigenvalue weighted by molar-refractivity contribution is 5.74. The van der Waals surface area contributed by atoms with Crippen LogP contribution in [-0.4, -0.2) is 50.3 Å². The van der Waals surface area contributed by atoms with Gasteiger partial charge in [0, 0.05) is 26.2 Å². The Kier molecular flexibility index (Phi) is 6.16. The van der Waals surface area contributed by atoms with E-state index < -0.39 is 0 Å². The minimum atomic E-state index is -0.223.